The van der Waals surface area contributed by atoms with Gasteiger partial charge < -0.3 is 4.84 Å². The van der Waals surface area contributed by atoms with Gasteiger partial charge in [-0.05, 0) is 13.8 Å². The maximum Gasteiger partial charge on any atom is 0.145 e. The van der Waals surface area contributed by atoms with Crippen molar-refractivity contribution in [2.24, 2.45) is 5.16 Å². The first kappa shape index (κ1) is 11.8. The molecule has 0 spiro atoms. The molecule has 4 heteroatoms. The van der Waals surface area contributed by atoms with E-state index in [0.717, 1.165) is 16.3 Å². The van der Waals surface area contributed by atoms with Crippen LogP contribution in [0.15, 0.2) is 41.0 Å². The number of aryl methyl sites for hydroxylation is 1. The van der Waals surface area contributed by atoms with E-state index in [1.165, 1.54) is 5.56 Å². The molecule has 3 nitrogen and oxygen atoms in total. The monoisotopic (exact) mass is 246 g/mol. The van der Waals surface area contributed by atoms with Crippen molar-refractivity contribution in [3.05, 3.63) is 52.0 Å². The number of nitrogens with zero attached hydrogens (tertiary/aromatic N) is 2. The molecule has 2 rings (SSSR count). The second kappa shape index (κ2) is 5.59. The molecule has 0 saturated heterocycles. The summed E-state index contributed by atoms with van der Waals surface area (Å²) in [6.45, 7) is 4.53. The predicted molar refractivity (Wildman–Crippen MR) is 70.6 cm³/mol. The lowest BCUT2D eigenvalue weighted by molar-refractivity contribution is 0.159. The smallest absolute Gasteiger partial charge is 0.145 e. The van der Waals surface area contributed by atoms with E-state index in [0.29, 0.717) is 6.61 Å². The second-order valence-electron chi connectivity index (χ2n) is 3.56. The Kier molecular flexibility index (Phi) is 3.88. The summed E-state index contributed by atoms with van der Waals surface area (Å²) in [7, 11) is 0. The minimum atomic E-state index is 0.556. The zero-order chi connectivity index (χ0) is 12.1. The molecule has 0 atom stereocenters. The van der Waals surface area contributed by atoms with Crippen molar-refractivity contribution in [2.45, 2.75) is 13.8 Å². The average Bonchev–Trinajstić information content (AvgIpc) is 2.85. The van der Waals surface area contributed by atoms with E-state index in [2.05, 4.69) is 29.2 Å². The topological polar surface area (TPSA) is 34.5 Å². The summed E-state index contributed by atoms with van der Waals surface area (Å²) in [5.41, 5.74) is 3.05. The van der Waals surface area contributed by atoms with Crippen molar-refractivity contribution in [3.8, 4) is 0 Å². The van der Waals surface area contributed by atoms with Gasteiger partial charge in [-0.3, -0.25) is 0 Å². The molecular formula is C13H14N2OS. The molecule has 0 unspecified atom stereocenters. The van der Waals surface area contributed by atoms with Gasteiger partial charge >= 0.3 is 0 Å². The fourth-order valence-corrected chi connectivity index (χ4v) is 2.04. The van der Waals surface area contributed by atoms with Crippen LogP contribution < -0.4 is 0 Å². The van der Waals surface area contributed by atoms with Crippen molar-refractivity contribution in [1.29, 1.82) is 0 Å². The van der Waals surface area contributed by atoms with Gasteiger partial charge in [-0.1, -0.05) is 35.0 Å². The number of hydrogen-bond acceptors (Lipinski definition) is 4. The predicted octanol–water partition coefficient (Wildman–Crippen LogP) is 3.24. The van der Waals surface area contributed by atoms with Crippen LogP contribution in [0.4, 0.5) is 0 Å². The molecule has 17 heavy (non-hydrogen) atoms. The molecule has 88 valence electrons. The molecule has 0 aliphatic heterocycles. The van der Waals surface area contributed by atoms with E-state index in [1.807, 2.05) is 24.4 Å². The third-order valence-corrected chi connectivity index (χ3v) is 3.02. The molecule has 2 aromatic rings. The quantitative estimate of drug-likeness (QED) is 0.613. The first-order valence-corrected chi connectivity index (χ1v) is 6.36. The van der Waals surface area contributed by atoms with Gasteiger partial charge in [-0.2, -0.15) is 0 Å². The number of rotatable bonds is 4. The summed E-state index contributed by atoms with van der Waals surface area (Å²) in [6.07, 6.45) is 1.77. The van der Waals surface area contributed by atoms with E-state index in [-0.39, 0.29) is 0 Å². The molecular weight excluding hydrogens is 232 g/mol. The van der Waals surface area contributed by atoms with Crippen LogP contribution in [-0.2, 0) is 4.84 Å². The highest BCUT2D eigenvalue weighted by atomic mass is 32.1. The van der Waals surface area contributed by atoms with Crippen LogP contribution in [0.1, 0.15) is 23.1 Å². The minimum Gasteiger partial charge on any atom is -0.396 e. The van der Waals surface area contributed by atoms with Gasteiger partial charge in [0.2, 0.25) is 0 Å². The fraction of sp³-hybridized carbons (Fsp3) is 0.231. The lowest BCUT2D eigenvalue weighted by Gasteiger charge is -2.03. The third kappa shape index (κ3) is 2.91. The lowest BCUT2D eigenvalue weighted by Crippen LogP contribution is -2.04. The van der Waals surface area contributed by atoms with Gasteiger partial charge in [0.25, 0.3) is 0 Å². The third-order valence-electron chi connectivity index (χ3n) is 2.24. The summed E-state index contributed by atoms with van der Waals surface area (Å²) in [5, 5.41) is 6.96. The molecule has 0 bridgehead atoms. The Morgan fingerprint density at radius 1 is 1.35 bits per heavy atom. The zero-order valence-corrected chi connectivity index (χ0v) is 10.7. The van der Waals surface area contributed by atoms with E-state index < -0.39 is 0 Å². The van der Waals surface area contributed by atoms with Crippen molar-refractivity contribution in [2.75, 3.05) is 6.61 Å². The SMILES string of the molecule is CCON=C(c1ccc(C)cc1)c1nccs1. The fourth-order valence-electron chi connectivity index (χ4n) is 1.40. The van der Waals surface area contributed by atoms with Crippen molar-refractivity contribution >= 4 is 17.0 Å². The Labute approximate surface area is 105 Å². The molecule has 1 aromatic heterocycles. The molecule has 0 fully saturated rings. The van der Waals surface area contributed by atoms with Crippen molar-refractivity contribution in [1.82, 2.24) is 4.98 Å². The van der Waals surface area contributed by atoms with Crippen LogP contribution >= 0.6 is 11.3 Å². The molecule has 1 heterocycles. The number of hydrogen-bond donors (Lipinski definition) is 0. The Bertz CT molecular complexity index is 489. The van der Waals surface area contributed by atoms with Gasteiger partial charge in [0.05, 0.1) is 0 Å². The van der Waals surface area contributed by atoms with Crippen LogP contribution in [0.25, 0.3) is 0 Å². The van der Waals surface area contributed by atoms with Crippen LogP contribution in [0.3, 0.4) is 0 Å². The van der Waals surface area contributed by atoms with Crippen LogP contribution in [0.2, 0.25) is 0 Å². The van der Waals surface area contributed by atoms with Crippen LogP contribution in [0, 0.1) is 6.92 Å². The number of benzene rings is 1. The summed E-state index contributed by atoms with van der Waals surface area (Å²) in [4.78, 5) is 9.43. The molecule has 0 radical (unpaired) electrons. The number of thiazole rings is 1. The maximum absolute atomic E-state index is 5.16. The van der Waals surface area contributed by atoms with Crippen molar-refractivity contribution < 1.29 is 4.84 Å². The summed E-state index contributed by atoms with van der Waals surface area (Å²) in [6, 6.07) is 8.19. The number of oxime groups is 1. The Balaban J connectivity index is 2.37. The van der Waals surface area contributed by atoms with Gasteiger partial charge in [0.1, 0.15) is 17.3 Å². The van der Waals surface area contributed by atoms with Crippen molar-refractivity contribution in [3.63, 3.8) is 0 Å². The minimum absolute atomic E-state index is 0.556. The largest absolute Gasteiger partial charge is 0.396 e. The van der Waals surface area contributed by atoms with Crippen LogP contribution in [0.5, 0.6) is 0 Å². The van der Waals surface area contributed by atoms with Gasteiger partial charge in [0.15, 0.2) is 0 Å². The highest BCUT2D eigenvalue weighted by Crippen LogP contribution is 2.14. The van der Waals surface area contributed by atoms with E-state index in [4.69, 9.17) is 4.84 Å². The Morgan fingerprint density at radius 2 is 2.12 bits per heavy atom. The molecule has 0 amide bonds. The van der Waals surface area contributed by atoms with Crippen LogP contribution in [-0.4, -0.2) is 17.3 Å². The highest BCUT2D eigenvalue weighted by Gasteiger charge is 2.10. The van der Waals surface area contributed by atoms with E-state index >= 15 is 0 Å². The first-order chi connectivity index (χ1) is 8.31. The lowest BCUT2D eigenvalue weighted by atomic mass is 10.1. The molecule has 0 N–H and O–H groups in total. The van der Waals surface area contributed by atoms with Gasteiger partial charge in [0, 0.05) is 17.1 Å². The molecule has 0 aliphatic rings. The van der Waals surface area contributed by atoms with Gasteiger partial charge in [-0.15, -0.1) is 11.3 Å². The Hall–Kier alpha value is -1.68. The summed E-state index contributed by atoms with van der Waals surface area (Å²) >= 11 is 1.56. The molecule has 0 saturated carbocycles. The maximum atomic E-state index is 5.16. The molecule has 0 aliphatic carbocycles. The number of aromatic nitrogens is 1. The highest BCUT2D eigenvalue weighted by molar-refractivity contribution is 7.11. The second-order valence-corrected chi connectivity index (χ2v) is 4.46. The standard InChI is InChI=1S/C13H14N2OS/c1-3-16-15-12(13-14-8-9-17-13)11-6-4-10(2)5-7-11/h4-9H,3H2,1-2H3. The van der Waals surface area contributed by atoms with E-state index in [1.54, 1.807) is 17.5 Å². The zero-order valence-electron chi connectivity index (χ0n) is 9.88. The van der Waals surface area contributed by atoms with Gasteiger partial charge in [-0.25, -0.2) is 4.98 Å². The molecule has 1 aromatic carbocycles. The Morgan fingerprint density at radius 3 is 2.71 bits per heavy atom. The van der Waals surface area contributed by atoms with E-state index in [9.17, 15) is 0 Å². The average molecular weight is 246 g/mol. The summed E-state index contributed by atoms with van der Waals surface area (Å²) < 4.78 is 0. The first-order valence-electron chi connectivity index (χ1n) is 5.48. The normalized spacial score (nSPS) is 11.5. The summed E-state index contributed by atoms with van der Waals surface area (Å²) in [5.74, 6) is 0.